The average Bonchev–Trinajstić information content (AvgIpc) is 2.64. The summed E-state index contributed by atoms with van der Waals surface area (Å²) in [6.45, 7) is 1.92. The van der Waals surface area contributed by atoms with E-state index >= 15 is 0 Å². The number of anilines is 1. The molecule has 0 aromatic heterocycles. The van der Waals surface area contributed by atoms with E-state index in [0.29, 0.717) is 11.4 Å². The zero-order valence-corrected chi connectivity index (χ0v) is 16.3. The summed E-state index contributed by atoms with van der Waals surface area (Å²) in [5.41, 5.74) is 1.09. The van der Waals surface area contributed by atoms with E-state index in [2.05, 4.69) is 5.32 Å². The molecular formula is C19H23FN2O4S. The highest BCUT2D eigenvalue weighted by molar-refractivity contribution is 7.92. The first-order valence-electron chi connectivity index (χ1n) is 8.42. The molecule has 0 spiro atoms. The molecule has 1 atom stereocenters. The summed E-state index contributed by atoms with van der Waals surface area (Å²) in [5.74, 6) is -0.205. The molecule has 0 aliphatic heterocycles. The van der Waals surface area contributed by atoms with Gasteiger partial charge in [-0.1, -0.05) is 19.1 Å². The van der Waals surface area contributed by atoms with Crippen LogP contribution in [0.15, 0.2) is 48.5 Å². The zero-order chi connectivity index (χ0) is 20.0. The van der Waals surface area contributed by atoms with E-state index in [9.17, 15) is 17.6 Å². The van der Waals surface area contributed by atoms with Crippen molar-refractivity contribution in [3.05, 3.63) is 59.9 Å². The van der Waals surface area contributed by atoms with Gasteiger partial charge in [-0.15, -0.1) is 0 Å². The van der Waals surface area contributed by atoms with Crippen LogP contribution in [0.25, 0.3) is 0 Å². The molecule has 1 amide bonds. The fraction of sp³-hybridized carbons (Fsp3) is 0.316. The third-order valence-corrected chi connectivity index (χ3v) is 5.22. The number of hydrogen-bond donors (Lipinski definition) is 1. The summed E-state index contributed by atoms with van der Waals surface area (Å²) in [7, 11) is -2.19. The maximum absolute atomic E-state index is 13.0. The summed E-state index contributed by atoms with van der Waals surface area (Å²) in [4.78, 5) is 12.7. The summed E-state index contributed by atoms with van der Waals surface area (Å²) in [5, 5.41) is 2.72. The number of nitrogens with zero attached hydrogens (tertiary/aromatic N) is 1. The Morgan fingerprint density at radius 1 is 1.15 bits per heavy atom. The molecular weight excluding hydrogens is 371 g/mol. The zero-order valence-electron chi connectivity index (χ0n) is 15.5. The highest BCUT2D eigenvalue weighted by Gasteiger charge is 2.31. The van der Waals surface area contributed by atoms with Crippen LogP contribution < -0.4 is 14.4 Å². The molecule has 0 saturated carbocycles. The van der Waals surface area contributed by atoms with Gasteiger partial charge in [0.1, 0.15) is 17.6 Å². The van der Waals surface area contributed by atoms with E-state index in [0.717, 1.165) is 16.1 Å². The van der Waals surface area contributed by atoms with Crippen LogP contribution in [-0.4, -0.2) is 33.7 Å². The SMILES string of the molecule is CC[C@H](C(=O)NCc1ccc(F)cc1)N(c1ccc(OC)cc1)S(C)(=O)=O. The van der Waals surface area contributed by atoms with Gasteiger partial charge < -0.3 is 10.1 Å². The van der Waals surface area contributed by atoms with E-state index in [4.69, 9.17) is 4.74 Å². The second-order valence-electron chi connectivity index (χ2n) is 6.03. The number of carbonyl (C=O) groups is 1. The predicted molar refractivity (Wildman–Crippen MR) is 103 cm³/mol. The second kappa shape index (κ2) is 8.85. The van der Waals surface area contributed by atoms with E-state index in [-0.39, 0.29) is 18.8 Å². The number of carbonyl (C=O) groups excluding carboxylic acids is 1. The van der Waals surface area contributed by atoms with E-state index in [1.165, 1.54) is 19.2 Å². The van der Waals surface area contributed by atoms with Gasteiger partial charge in [-0.2, -0.15) is 0 Å². The Kier molecular flexibility index (Phi) is 6.79. The third kappa shape index (κ3) is 5.43. The standard InChI is InChI=1S/C19H23FN2O4S/c1-4-18(19(23)21-13-14-5-7-15(20)8-6-14)22(27(3,24)25)16-9-11-17(26-2)12-10-16/h5-12,18H,4,13H2,1-3H3,(H,21,23)/t18-/m1/s1. The molecule has 2 aromatic carbocycles. The summed E-state index contributed by atoms with van der Waals surface area (Å²) in [6.07, 6.45) is 1.35. The normalized spacial score (nSPS) is 12.3. The molecule has 0 aliphatic carbocycles. The Balaban J connectivity index is 2.22. The van der Waals surface area contributed by atoms with E-state index in [1.807, 2.05) is 0 Å². The van der Waals surface area contributed by atoms with Crippen molar-refractivity contribution in [3.8, 4) is 5.75 Å². The van der Waals surface area contributed by atoms with Gasteiger partial charge in [0.15, 0.2) is 0 Å². The molecule has 27 heavy (non-hydrogen) atoms. The number of sulfonamides is 1. The topological polar surface area (TPSA) is 75.7 Å². The van der Waals surface area contributed by atoms with Crippen molar-refractivity contribution >= 4 is 21.6 Å². The van der Waals surface area contributed by atoms with E-state index < -0.39 is 22.0 Å². The molecule has 2 rings (SSSR count). The van der Waals surface area contributed by atoms with E-state index in [1.54, 1.807) is 43.3 Å². The van der Waals surface area contributed by atoms with Gasteiger partial charge in [-0.05, 0) is 48.4 Å². The molecule has 0 fully saturated rings. The smallest absolute Gasteiger partial charge is 0.244 e. The number of benzene rings is 2. The summed E-state index contributed by atoms with van der Waals surface area (Å²) >= 11 is 0. The molecule has 0 unspecified atom stereocenters. The number of rotatable bonds is 8. The monoisotopic (exact) mass is 394 g/mol. The lowest BCUT2D eigenvalue weighted by molar-refractivity contribution is -0.122. The van der Waals surface area contributed by atoms with Crippen molar-refractivity contribution in [1.82, 2.24) is 5.32 Å². The van der Waals surface area contributed by atoms with Gasteiger partial charge in [0, 0.05) is 6.54 Å². The second-order valence-corrected chi connectivity index (χ2v) is 7.88. The third-order valence-electron chi connectivity index (χ3n) is 4.04. The van der Waals surface area contributed by atoms with Gasteiger partial charge in [-0.25, -0.2) is 12.8 Å². The molecule has 0 bridgehead atoms. The molecule has 0 radical (unpaired) electrons. The van der Waals surface area contributed by atoms with Crippen molar-refractivity contribution < 1.29 is 22.3 Å². The van der Waals surface area contributed by atoms with Crippen LogP contribution in [0.4, 0.5) is 10.1 Å². The molecule has 0 aliphatic rings. The Morgan fingerprint density at radius 3 is 2.22 bits per heavy atom. The van der Waals surface area contributed by atoms with Crippen molar-refractivity contribution in [1.29, 1.82) is 0 Å². The number of nitrogens with one attached hydrogen (secondary N) is 1. The number of halogens is 1. The molecule has 146 valence electrons. The van der Waals surface area contributed by atoms with Gasteiger partial charge in [0.25, 0.3) is 0 Å². The number of ether oxygens (including phenoxy) is 1. The maximum Gasteiger partial charge on any atom is 0.244 e. The fourth-order valence-corrected chi connectivity index (χ4v) is 3.91. The fourth-order valence-electron chi connectivity index (χ4n) is 2.70. The van der Waals surface area contributed by atoms with Gasteiger partial charge in [-0.3, -0.25) is 9.10 Å². The highest BCUT2D eigenvalue weighted by atomic mass is 32.2. The predicted octanol–water partition coefficient (Wildman–Crippen LogP) is 2.70. The Labute approximate surface area is 159 Å². The Bertz CT molecular complexity index is 868. The van der Waals surface area contributed by atoms with Crippen molar-refractivity contribution in [3.63, 3.8) is 0 Å². The first-order chi connectivity index (χ1) is 12.8. The molecule has 1 N–H and O–H groups in total. The van der Waals surface area contributed by atoms with Crippen molar-refractivity contribution in [2.24, 2.45) is 0 Å². The lowest BCUT2D eigenvalue weighted by Gasteiger charge is -2.30. The Morgan fingerprint density at radius 2 is 1.74 bits per heavy atom. The highest BCUT2D eigenvalue weighted by Crippen LogP contribution is 2.25. The number of amides is 1. The molecule has 0 saturated heterocycles. The Hall–Kier alpha value is -2.61. The van der Waals surface area contributed by atoms with Crippen LogP contribution in [0.1, 0.15) is 18.9 Å². The molecule has 2 aromatic rings. The number of methoxy groups -OCH3 is 1. The molecule has 8 heteroatoms. The molecule has 0 heterocycles. The largest absolute Gasteiger partial charge is 0.497 e. The van der Waals surface area contributed by atoms with Gasteiger partial charge in [0.2, 0.25) is 15.9 Å². The van der Waals surface area contributed by atoms with Crippen molar-refractivity contribution in [2.75, 3.05) is 17.7 Å². The first kappa shape index (κ1) is 20.7. The van der Waals surface area contributed by atoms with Gasteiger partial charge >= 0.3 is 0 Å². The van der Waals surface area contributed by atoms with Crippen molar-refractivity contribution in [2.45, 2.75) is 25.9 Å². The minimum Gasteiger partial charge on any atom is -0.497 e. The first-order valence-corrected chi connectivity index (χ1v) is 10.3. The van der Waals surface area contributed by atoms with Crippen LogP contribution >= 0.6 is 0 Å². The quantitative estimate of drug-likeness (QED) is 0.747. The summed E-state index contributed by atoms with van der Waals surface area (Å²) in [6, 6.07) is 11.3. The molecule has 6 nitrogen and oxygen atoms in total. The van der Waals surface area contributed by atoms with Crippen LogP contribution in [0.5, 0.6) is 5.75 Å². The van der Waals surface area contributed by atoms with Crippen LogP contribution in [0, 0.1) is 5.82 Å². The average molecular weight is 394 g/mol. The lowest BCUT2D eigenvalue weighted by Crippen LogP contribution is -2.49. The van der Waals surface area contributed by atoms with Crippen LogP contribution in [0.3, 0.4) is 0 Å². The maximum atomic E-state index is 13.0. The lowest BCUT2D eigenvalue weighted by atomic mass is 10.1. The number of hydrogen-bond acceptors (Lipinski definition) is 4. The van der Waals surface area contributed by atoms with Crippen LogP contribution in [-0.2, 0) is 21.4 Å². The summed E-state index contributed by atoms with van der Waals surface area (Å²) < 4.78 is 43.9. The minimum atomic E-state index is -3.70. The van der Waals surface area contributed by atoms with Gasteiger partial charge in [0.05, 0.1) is 19.1 Å². The van der Waals surface area contributed by atoms with Crippen LogP contribution in [0.2, 0.25) is 0 Å². The minimum absolute atomic E-state index is 0.176.